The zero-order valence-electron chi connectivity index (χ0n) is 16.0. The lowest BCUT2D eigenvalue weighted by Gasteiger charge is -2.33. The Morgan fingerprint density at radius 2 is 1.65 bits per heavy atom. The van der Waals surface area contributed by atoms with Gasteiger partial charge in [0, 0.05) is 37.9 Å². The fourth-order valence-corrected chi connectivity index (χ4v) is 3.37. The van der Waals surface area contributed by atoms with E-state index in [1.54, 1.807) is 6.07 Å². The molecule has 0 bridgehead atoms. The van der Waals surface area contributed by atoms with Crippen LogP contribution in [0.4, 0.5) is 11.5 Å². The van der Waals surface area contributed by atoms with E-state index in [0.717, 1.165) is 38.4 Å². The maximum absolute atomic E-state index is 12.8. The van der Waals surface area contributed by atoms with E-state index in [4.69, 9.17) is 0 Å². The Balaban J connectivity index is 1.78. The molecule has 6 heteroatoms. The highest BCUT2D eigenvalue weighted by atomic mass is 16.2. The molecular weight excluding hydrogens is 326 g/mol. The number of aromatic nitrogens is 2. The normalized spacial score (nSPS) is 15.2. The third-order valence-electron chi connectivity index (χ3n) is 4.66. The maximum atomic E-state index is 12.8. The van der Waals surface area contributed by atoms with Gasteiger partial charge in [0.15, 0.2) is 0 Å². The van der Waals surface area contributed by atoms with Crippen molar-refractivity contribution in [3.8, 4) is 0 Å². The summed E-state index contributed by atoms with van der Waals surface area (Å²) >= 11 is 0. The standard InChI is InChI=1S/C20H27N5O/c1-5-24-6-8-25(9-7-24)20(26)18-13-19(22-16(4)21-18)23-17-11-14(2)10-15(3)12-17/h10-13H,5-9H2,1-4H3,(H,21,22,23). The van der Waals surface area contributed by atoms with Gasteiger partial charge in [-0.25, -0.2) is 9.97 Å². The van der Waals surface area contributed by atoms with Crippen molar-refractivity contribution < 1.29 is 4.79 Å². The summed E-state index contributed by atoms with van der Waals surface area (Å²) in [6, 6.07) is 8.01. The molecule has 26 heavy (non-hydrogen) atoms. The van der Waals surface area contributed by atoms with E-state index in [2.05, 4.69) is 59.2 Å². The van der Waals surface area contributed by atoms with Gasteiger partial charge in [-0.3, -0.25) is 4.79 Å². The van der Waals surface area contributed by atoms with Gasteiger partial charge in [0.1, 0.15) is 17.3 Å². The monoisotopic (exact) mass is 353 g/mol. The number of aryl methyl sites for hydroxylation is 3. The molecule has 1 fully saturated rings. The van der Waals surface area contributed by atoms with Gasteiger partial charge in [0.25, 0.3) is 5.91 Å². The van der Waals surface area contributed by atoms with Crippen LogP contribution in [-0.2, 0) is 0 Å². The van der Waals surface area contributed by atoms with Crippen LogP contribution >= 0.6 is 0 Å². The second-order valence-electron chi connectivity index (χ2n) is 6.91. The average molecular weight is 353 g/mol. The van der Waals surface area contributed by atoms with E-state index in [-0.39, 0.29) is 5.91 Å². The van der Waals surface area contributed by atoms with Gasteiger partial charge in [0.05, 0.1) is 0 Å². The van der Waals surface area contributed by atoms with Crippen LogP contribution in [0, 0.1) is 20.8 Å². The first-order valence-electron chi connectivity index (χ1n) is 9.17. The van der Waals surface area contributed by atoms with Gasteiger partial charge in [-0.1, -0.05) is 13.0 Å². The van der Waals surface area contributed by atoms with Gasteiger partial charge in [-0.15, -0.1) is 0 Å². The third kappa shape index (κ3) is 4.38. The molecule has 1 aliphatic rings. The minimum atomic E-state index is -0.0188. The average Bonchev–Trinajstić information content (AvgIpc) is 2.60. The summed E-state index contributed by atoms with van der Waals surface area (Å²) in [5, 5.41) is 3.31. The Bertz CT molecular complexity index is 777. The number of nitrogens with zero attached hydrogens (tertiary/aromatic N) is 4. The van der Waals surface area contributed by atoms with Crippen LogP contribution in [0.3, 0.4) is 0 Å². The van der Waals surface area contributed by atoms with E-state index >= 15 is 0 Å². The maximum Gasteiger partial charge on any atom is 0.272 e. The van der Waals surface area contributed by atoms with Gasteiger partial charge in [-0.05, 0) is 50.6 Å². The second kappa shape index (κ2) is 7.83. The summed E-state index contributed by atoms with van der Waals surface area (Å²) in [6.45, 7) is 12.4. The molecule has 0 atom stereocenters. The summed E-state index contributed by atoms with van der Waals surface area (Å²) in [4.78, 5) is 25.9. The highest BCUT2D eigenvalue weighted by molar-refractivity contribution is 5.93. The van der Waals surface area contributed by atoms with Crippen molar-refractivity contribution >= 4 is 17.4 Å². The van der Waals surface area contributed by atoms with Crippen LogP contribution in [-0.4, -0.2) is 58.4 Å². The molecule has 0 radical (unpaired) electrons. The first kappa shape index (κ1) is 18.3. The first-order chi connectivity index (χ1) is 12.4. The molecule has 1 N–H and O–H groups in total. The molecule has 1 amide bonds. The molecule has 0 unspecified atom stereocenters. The Labute approximate surface area is 155 Å². The van der Waals surface area contributed by atoms with Gasteiger partial charge >= 0.3 is 0 Å². The lowest BCUT2D eigenvalue weighted by Crippen LogP contribution is -2.48. The van der Waals surface area contributed by atoms with Gasteiger partial charge in [-0.2, -0.15) is 0 Å². The van der Waals surface area contributed by atoms with Crippen LogP contribution < -0.4 is 5.32 Å². The highest BCUT2D eigenvalue weighted by Crippen LogP contribution is 2.19. The van der Waals surface area contributed by atoms with Crippen molar-refractivity contribution in [2.24, 2.45) is 0 Å². The predicted octanol–water partition coefficient (Wildman–Crippen LogP) is 2.92. The number of carbonyl (C=O) groups excluding carboxylic acids is 1. The SMILES string of the molecule is CCN1CCN(C(=O)c2cc(Nc3cc(C)cc(C)c3)nc(C)n2)CC1. The smallest absolute Gasteiger partial charge is 0.272 e. The third-order valence-corrected chi connectivity index (χ3v) is 4.66. The lowest BCUT2D eigenvalue weighted by atomic mass is 10.1. The van der Waals surface area contributed by atoms with Crippen molar-refractivity contribution in [3.63, 3.8) is 0 Å². The molecule has 6 nitrogen and oxygen atoms in total. The molecule has 0 aliphatic carbocycles. The van der Waals surface area contributed by atoms with E-state index in [1.807, 2.05) is 11.8 Å². The molecule has 2 heterocycles. The Kier molecular flexibility index (Phi) is 5.52. The van der Waals surface area contributed by atoms with Crippen molar-refractivity contribution in [2.75, 3.05) is 38.0 Å². The number of amides is 1. The van der Waals surface area contributed by atoms with Gasteiger partial charge < -0.3 is 15.1 Å². The predicted molar refractivity (Wildman–Crippen MR) is 104 cm³/mol. The Morgan fingerprint density at radius 1 is 1.00 bits per heavy atom. The number of anilines is 2. The quantitative estimate of drug-likeness (QED) is 0.916. The Morgan fingerprint density at radius 3 is 2.27 bits per heavy atom. The number of piperazine rings is 1. The van der Waals surface area contributed by atoms with E-state index in [9.17, 15) is 4.79 Å². The first-order valence-corrected chi connectivity index (χ1v) is 9.17. The molecule has 1 aliphatic heterocycles. The molecule has 0 spiro atoms. The molecule has 3 rings (SSSR count). The van der Waals surface area contributed by atoms with Gasteiger partial charge in [0.2, 0.25) is 0 Å². The van der Waals surface area contributed by atoms with Crippen molar-refractivity contribution in [1.29, 1.82) is 0 Å². The van der Waals surface area contributed by atoms with E-state index < -0.39 is 0 Å². The molecule has 1 saturated heterocycles. The van der Waals surface area contributed by atoms with Crippen LogP contribution in [0.15, 0.2) is 24.3 Å². The molecule has 138 valence electrons. The number of rotatable bonds is 4. The number of nitrogens with one attached hydrogen (secondary N) is 1. The molecule has 2 aromatic rings. The zero-order chi connectivity index (χ0) is 18.7. The van der Waals surface area contributed by atoms with Crippen LogP contribution in [0.2, 0.25) is 0 Å². The summed E-state index contributed by atoms with van der Waals surface area (Å²) in [5.41, 5.74) is 3.79. The number of carbonyl (C=O) groups is 1. The van der Waals surface area contributed by atoms with Crippen molar-refractivity contribution in [1.82, 2.24) is 19.8 Å². The minimum Gasteiger partial charge on any atom is -0.340 e. The van der Waals surface area contributed by atoms with E-state index in [1.165, 1.54) is 11.1 Å². The highest BCUT2D eigenvalue weighted by Gasteiger charge is 2.23. The number of hydrogen-bond donors (Lipinski definition) is 1. The van der Waals surface area contributed by atoms with Crippen LogP contribution in [0.5, 0.6) is 0 Å². The lowest BCUT2D eigenvalue weighted by molar-refractivity contribution is 0.0637. The summed E-state index contributed by atoms with van der Waals surface area (Å²) in [6.07, 6.45) is 0. The topological polar surface area (TPSA) is 61.4 Å². The number of likely N-dealkylation sites (N-methyl/N-ethyl adjacent to an activating group) is 1. The molecule has 1 aromatic carbocycles. The molecular formula is C20H27N5O. The second-order valence-corrected chi connectivity index (χ2v) is 6.91. The fraction of sp³-hybridized carbons (Fsp3) is 0.450. The molecule has 1 aromatic heterocycles. The minimum absolute atomic E-state index is 0.0188. The number of benzene rings is 1. The van der Waals surface area contributed by atoms with Crippen LogP contribution in [0.25, 0.3) is 0 Å². The summed E-state index contributed by atoms with van der Waals surface area (Å²) in [5.74, 6) is 1.22. The fourth-order valence-electron chi connectivity index (χ4n) is 3.37. The van der Waals surface area contributed by atoms with Crippen LogP contribution in [0.1, 0.15) is 34.4 Å². The Hall–Kier alpha value is -2.47. The number of hydrogen-bond acceptors (Lipinski definition) is 5. The largest absolute Gasteiger partial charge is 0.340 e. The molecule has 0 saturated carbocycles. The van der Waals surface area contributed by atoms with E-state index in [0.29, 0.717) is 17.3 Å². The summed E-state index contributed by atoms with van der Waals surface area (Å²) in [7, 11) is 0. The van der Waals surface area contributed by atoms with Crippen molar-refractivity contribution in [3.05, 3.63) is 46.9 Å². The van der Waals surface area contributed by atoms with Crippen molar-refractivity contribution in [2.45, 2.75) is 27.7 Å². The zero-order valence-corrected chi connectivity index (χ0v) is 16.0. The summed E-state index contributed by atoms with van der Waals surface area (Å²) < 4.78 is 0.